The van der Waals surface area contributed by atoms with Gasteiger partial charge in [-0.15, -0.1) is 0 Å². The molecule has 3 aromatic rings. The van der Waals surface area contributed by atoms with Gasteiger partial charge in [0, 0.05) is 38.3 Å². The molecule has 0 radical (unpaired) electrons. The molecule has 0 saturated carbocycles. The first-order valence-corrected chi connectivity index (χ1v) is 15.8. The quantitative estimate of drug-likeness (QED) is 0.324. The summed E-state index contributed by atoms with van der Waals surface area (Å²) < 4.78 is 16.5. The van der Waals surface area contributed by atoms with Gasteiger partial charge in [-0.3, -0.25) is 19.4 Å². The second kappa shape index (κ2) is 14.3. The van der Waals surface area contributed by atoms with Gasteiger partial charge in [0.2, 0.25) is 5.91 Å². The van der Waals surface area contributed by atoms with E-state index in [0.717, 1.165) is 29.8 Å². The minimum Gasteiger partial charge on any atom is -0.482 e. The van der Waals surface area contributed by atoms with Crippen LogP contribution in [0.25, 0.3) is 11.1 Å². The van der Waals surface area contributed by atoms with Gasteiger partial charge in [0.1, 0.15) is 18.0 Å². The van der Waals surface area contributed by atoms with Gasteiger partial charge in [0.15, 0.2) is 6.61 Å². The van der Waals surface area contributed by atoms with Gasteiger partial charge >= 0.3 is 6.09 Å². The first-order valence-electron chi connectivity index (χ1n) is 15.1. The maximum Gasteiger partial charge on any atom is 0.413 e. The number of hydrogen-bond acceptors (Lipinski definition) is 7. The van der Waals surface area contributed by atoms with E-state index in [9.17, 15) is 14.4 Å². The van der Waals surface area contributed by atoms with Crippen molar-refractivity contribution < 1.29 is 28.6 Å². The molecule has 12 heteroatoms. The third kappa shape index (κ3) is 8.30. The van der Waals surface area contributed by atoms with Crippen LogP contribution >= 0.6 is 23.2 Å². The zero-order valence-corrected chi connectivity index (χ0v) is 27.9. The molecule has 1 saturated heterocycles. The summed E-state index contributed by atoms with van der Waals surface area (Å²) in [6.07, 6.45) is -0.509. The molecule has 10 nitrogen and oxygen atoms in total. The fourth-order valence-electron chi connectivity index (χ4n) is 5.32. The van der Waals surface area contributed by atoms with Crippen molar-refractivity contribution in [3.63, 3.8) is 0 Å². The molecule has 1 atom stereocenters. The fourth-order valence-corrected chi connectivity index (χ4v) is 5.63. The van der Waals surface area contributed by atoms with Crippen LogP contribution in [0.2, 0.25) is 10.0 Å². The van der Waals surface area contributed by atoms with Crippen LogP contribution < -0.4 is 19.7 Å². The number of benzene rings is 3. The highest BCUT2D eigenvalue weighted by Gasteiger charge is 2.32. The number of hydrogen-bond donors (Lipinski definition) is 1. The van der Waals surface area contributed by atoms with Gasteiger partial charge in [-0.25, -0.2) is 4.79 Å². The minimum atomic E-state index is -0.509. The molecular weight excluding hydrogens is 631 g/mol. The van der Waals surface area contributed by atoms with Crippen molar-refractivity contribution in [1.29, 1.82) is 0 Å². The molecule has 5 rings (SSSR count). The number of nitrogens with zero attached hydrogens (tertiary/aromatic N) is 3. The Bertz CT molecular complexity index is 1570. The van der Waals surface area contributed by atoms with Gasteiger partial charge in [-0.2, -0.15) is 0 Å². The third-order valence-electron chi connectivity index (χ3n) is 7.80. The Morgan fingerprint density at radius 2 is 1.59 bits per heavy atom. The fraction of sp³-hybridized carbons (Fsp3) is 0.382. The smallest absolute Gasteiger partial charge is 0.413 e. The molecule has 2 heterocycles. The number of nitrogens with one attached hydrogen (secondary N) is 1. The van der Waals surface area contributed by atoms with E-state index in [1.807, 2.05) is 57.2 Å². The Morgan fingerprint density at radius 1 is 0.978 bits per heavy atom. The zero-order valence-electron chi connectivity index (χ0n) is 26.3. The van der Waals surface area contributed by atoms with Crippen molar-refractivity contribution in [2.24, 2.45) is 0 Å². The largest absolute Gasteiger partial charge is 0.482 e. The average molecular weight is 670 g/mol. The van der Waals surface area contributed by atoms with E-state index in [1.165, 1.54) is 4.90 Å². The number of likely N-dealkylation sites (N-methyl/N-ethyl adjacent to an activating group) is 1. The maximum atomic E-state index is 13.8. The lowest BCUT2D eigenvalue weighted by Crippen LogP contribution is -2.48. The lowest BCUT2D eigenvalue weighted by molar-refractivity contribution is -0.133. The molecule has 1 fully saturated rings. The predicted octanol–water partition coefficient (Wildman–Crippen LogP) is 5.80. The summed E-state index contributed by atoms with van der Waals surface area (Å²) in [6.45, 7) is 8.66. The van der Waals surface area contributed by atoms with Gasteiger partial charge in [-0.05, 0) is 55.7 Å². The Balaban J connectivity index is 1.33. The van der Waals surface area contributed by atoms with Crippen molar-refractivity contribution in [2.45, 2.75) is 32.4 Å². The van der Waals surface area contributed by atoms with Gasteiger partial charge in [0.25, 0.3) is 5.91 Å². The number of anilines is 1. The van der Waals surface area contributed by atoms with Gasteiger partial charge in [0.05, 0.1) is 35.0 Å². The Morgan fingerprint density at radius 3 is 2.22 bits per heavy atom. The number of carbonyl (C=O) groups excluding carboxylic acids is 3. The number of rotatable bonds is 8. The first kappa shape index (κ1) is 33.5. The third-order valence-corrected chi connectivity index (χ3v) is 8.53. The highest BCUT2D eigenvalue weighted by molar-refractivity contribution is 6.42. The average Bonchev–Trinajstić information content (AvgIpc) is 3.02. The summed E-state index contributed by atoms with van der Waals surface area (Å²) in [4.78, 5) is 44.2. The summed E-state index contributed by atoms with van der Waals surface area (Å²) in [7, 11) is 1.76. The van der Waals surface area contributed by atoms with Gasteiger partial charge in [-0.1, -0.05) is 59.6 Å². The van der Waals surface area contributed by atoms with Crippen LogP contribution in [0, 0.1) is 0 Å². The van der Waals surface area contributed by atoms with E-state index < -0.39 is 11.6 Å². The van der Waals surface area contributed by atoms with E-state index in [2.05, 4.69) is 10.2 Å². The molecule has 46 heavy (non-hydrogen) atoms. The summed E-state index contributed by atoms with van der Waals surface area (Å²) in [5, 5.41) is 3.35. The lowest BCUT2D eigenvalue weighted by atomic mass is 9.99. The monoisotopic (exact) mass is 668 g/mol. The number of morpholine rings is 1. The number of amides is 3. The van der Waals surface area contributed by atoms with Crippen molar-refractivity contribution in [3.05, 3.63) is 76.3 Å². The summed E-state index contributed by atoms with van der Waals surface area (Å²) in [5.41, 5.74) is 2.89. The van der Waals surface area contributed by atoms with E-state index in [1.54, 1.807) is 36.2 Å². The van der Waals surface area contributed by atoms with E-state index in [-0.39, 0.29) is 36.0 Å². The molecular formula is C34H38Cl2N4O6. The van der Waals surface area contributed by atoms with Crippen molar-refractivity contribution in [2.75, 3.05) is 57.9 Å². The van der Waals surface area contributed by atoms with Crippen LogP contribution in [0.15, 0.2) is 60.7 Å². The lowest BCUT2D eigenvalue weighted by Gasteiger charge is -2.37. The second-order valence-corrected chi connectivity index (χ2v) is 13.2. The van der Waals surface area contributed by atoms with Crippen LogP contribution in [0.5, 0.6) is 11.5 Å². The molecule has 0 spiro atoms. The summed E-state index contributed by atoms with van der Waals surface area (Å²) in [5.74, 6) is 0.269. The van der Waals surface area contributed by atoms with Crippen molar-refractivity contribution in [3.8, 4) is 22.6 Å². The number of fused-ring (bicyclic) bond motifs is 1. The normalized spacial score (nSPS) is 15.9. The van der Waals surface area contributed by atoms with Crippen LogP contribution in [-0.2, 0) is 14.3 Å². The number of halogens is 2. The van der Waals surface area contributed by atoms with E-state index >= 15 is 0 Å². The Labute approximate surface area is 279 Å². The summed E-state index contributed by atoms with van der Waals surface area (Å²) in [6, 6.07) is 18.2. The summed E-state index contributed by atoms with van der Waals surface area (Å²) >= 11 is 12.4. The molecule has 3 amide bonds. The molecule has 3 aromatic carbocycles. The highest BCUT2D eigenvalue weighted by Crippen LogP contribution is 2.39. The number of carbonyl (C=O) groups is 3. The molecule has 1 N–H and O–H groups in total. The van der Waals surface area contributed by atoms with Crippen LogP contribution in [0.1, 0.15) is 32.4 Å². The Kier molecular flexibility index (Phi) is 10.4. The molecule has 2 aliphatic rings. The predicted molar refractivity (Wildman–Crippen MR) is 178 cm³/mol. The van der Waals surface area contributed by atoms with Crippen LogP contribution in [0.3, 0.4) is 0 Å². The SMILES string of the molecule is CN(C(=O)CN1C(=O)COc2cc(Cl)c(Cl)cc21)C(CN1CCOCC1)c1ccc(-c2ccc(OC(=O)NC(C)(C)C)cc2)cc1. The molecule has 2 aliphatic heterocycles. The topological polar surface area (TPSA) is 101 Å². The molecule has 244 valence electrons. The van der Waals surface area contributed by atoms with Crippen LogP contribution in [-0.4, -0.2) is 86.3 Å². The molecule has 0 bridgehead atoms. The Hall–Kier alpha value is -3.83. The molecule has 0 aliphatic carbocycles. The van der Waals surface area contributed by atoms with Crippen molar-refractivity contribution in [1.82, 2.24) is 15.1 Å². The molecule has 0 aromatic heterocycles. The van der Waals surface area contributed by atoms with Gasteiger partial charge < -0.3 is 24.4 Å². The first-order chi connectivity index (χ1) is 21.9. The second-order valence-electron chi connectivity index (χ2n) is 12.3. The van der Waals surface area contributed by atoms with Crippen LogP contribution in [0.4, 0.5) is 10.5 Å². The standard InChI is InChI=1S/C34H38Cl2N4O6/c1-34(2,3)37-33(43)46-25-11-9-23(10-12-25)22-5-7-24(8-6-22)29(19-39-13-15-44-16-14-39)38(4)31(41)20-40-28-17-26(35)27(36)18-30(28)45-21-32(40)42/h5-12,17-18,29H,13-16,19-21H2,1-4H3,(H,37,43). The van der Waals surface area contributed by atoms with Crippen molar-refractivity contribution >= 4 is 46.8 Å². The zero-order chi connectivity index (χ0) is 33.0. The van der Waals surface area contributed by atoms with E-state index in [4.69, 9.17) is 37.4 Å². The molecule has 1 unspecified atom stereocenters. The maximum absolute atomic E-state index is 13.8. The van der Waals surface area contributed by atoms with E-state index in [0.29, 0.717) is 42.0 Å². The highest BCUT2D eigenvalue weighted by atomic mass is 35.5. The number of ether oxygens (including phenoxy) is 3. The minimum absolute atomic E-state index is 0.177.